The molecule has 0 aliphatic rings. The number of halogens is 1. The normalized spacial score (nSPS) is 10.8. The van der Waals surface area contributed by atoms with Crippen LogP contribution in [0.5, 0.6) is 11.5 Å². The Labute approximate surface area is 109 Å². The Hall–Kier alpha value is -2.49. The third-order valence-electron chi connectivity index (χ3n) is 2.89. The van der Waals surface area contributed by atoms with Crippen LogP contribution in [0.15, 0.2) is 48.5 Å². The predicted octanol–water partition coefficient (Wildman–Crippen LogP) is 3.59. The smallest absolute Gasteiger partial charge is 0.128 e. The number of ether oxygens (including phenoxy) is 1. The van der Waals surface area contributed by atoms with Crippen LogP contribution in [0.2, 0.25) is 0 Å². The monoisotopic (exact) mass is 257 g/mol. The molecule has 2 N–H and O–H groups in total. The zero-order chi connectivity index (χ0) is 13.2. The van der Waals surface area contributed by atoms with E-state index >= 15 is 0 Å². The summed E-state index contributed by atoms with van der Waals surface area (Å²) in [5, 5.41) is 10.4. The van der Waals surface area contributed by atoms with Crippen molar-refractivity contribution < 1.29 is 14.2 Å². The molecule has 4 heteroatoms. The summed E-state index contributed by atoms with van der Waals surface area (Å²) in [7, 11) is 0. The standard InChI is InChI=1S/C15H12FNO2/c16-10-3-1-4-12(7-10)19-9-11-8-13-14(17-11)5-2-6-15(13)18/h1-8,17-18H,9H2. The first-order valence-corrected chi connectivity index (χ1v) is 5.90. The summed E-state index contributed by atoms with van der Waals surface area (Å²) in [6.07, 6.45) is 0. The van der Waals surface area contributed by atoms with E-state index in [1.807, 2.05) is 12.1 Å². The number of aromatic hydroxyl groups is 1. The van der Waals surface area contributed by atoms with Crippen LogP contribution in [0, 0.1) is 5.82 Å². The Morgan fingerprint density at radius 3 is 2.74 bits per heavy atom. The molecule has 0 unspecified atom stereocenters. The van der Waals surface area contributed by atoms with Crippen molar-refractivity contribution in [2.75, 3.05) is 0 Å². The van der Waals surface area contributed by atoms with Crippen LogP contribution in [0.25, 0.3) is 10.9 Å². The van der Waals surface area contributed by atoms with Crippen molar-refractivity contribution >= 4 is 10.9 Å². The minimum absolute atomic E-state index is 0.228. The Balaban J connectivity index is 1.80. The molecule has 3 nitrogen and oxygen atoms in total. The van der Waals surface area contributed by atoms with E-state index in [1.165, 1.54) is 12.1 Å². The fourth-order valence-electron chi connectivity index (χ4n) is 1.99. The van der Waals surface area contributed by atoms with Crippen LogP contribution in [0.1, 0.15) is 5.69 Å². The van der Waals surface area contributed by atoms with Crippen molar-refractivity contribution in [1.82, 2.24) is 4.98 Å². The second-order valence-corrected chi connectivity index (χ2v) is 4.28. The summed E-state index contributed by atoms with van der Waals surface area (Å²) in [5.74, 6) is 0.375. The van der Waals surface area contributed by atoms with E-state index in [2.05, 4.69) is 4.98 Å². The second-order valence-electron chi connectivity index (χ2n) is 4.28. The van der Waals surface area contributed by atoms with Gasteiger partial charge in [-0.05, 0) is 30.3 Å². The van der Waals surface area contributed by atoms with Crippen molar-refractivity contribution in [3.63, 3.8) is 0 Å². The second kappa shape index (κ2) is 4.65. The number of H-pyrrole nitrogens is 1. The number of phenolic OH excluding ortho intramolecular Hbond substituents is 1. The van der Waals surface area contributed by atoms with Crippen molar-refractivity contribution in [3.05, 3.63) is 60.0 Å². The summed E-state index contributed by atoms with van der Waals surface area (Å²) in [6, 6.07) is 13.1. The molecule has 0 bridgehead atoms. The lowest BCUT2D eigenvalue weighted by atomic mass is 10.2. The number of rotatable bonds is 3. The van der Waals surface area contributed by atoms with Gasteiger partial charge in [0.2, 0.25) is 0 Å². The van der Waals surface area contributed by atoms with Crippen molar-refractivity contribution in [2.45, 2.75) is 6.61 Å². The zero-order valence-electron chi connectivity index (χ0n) is 10.1. The van der Waals surface area contributed by atoms with Gasteiger partial charge in [-0.3, -0.25) is 0 Å². The largest absolute Gasteiger partial charge is 0.507 e. The van der Waals surface area contributed by atoms with Crippen LogP contribution >= 0.6 is 0 Å². The highest BCUT2D eigenvalue weighted by atomic mass is 19.1. The molecule has 0 radical (unpaired) electrons. The van der Waals surface area contributed by atoms with Gasteiger partial charge in [-0.1, -0.05) is 12.1 Å². The maximum Gasteiger partial charge on any atom is 0.128 e. The summed E-state index contributed by atoms with van der Waals surface area (Å²) >= 11 is 0. The lowest BCUT2D eigenvalue weighted by Gasteiger charge is -2.04. The fraction of sp³-hybridized carbons (Fsp3) is 0.0667. The van der Waals surface area contributed by atoms with E-state index in [1.54, 1.807) is 24.3 Å². The van der Waals surface area contributed by atoms with E-state index in [0.717, 1.165) is 16.6 Å². The molecule has 1 aromatic heterocycles. The van der Waals surface area contributed by atoms with Crippen LogP contribution < -0.4 is 4.74 Å². The molecule has 0 amide bonds. The van der Waals surface area contributed by atoms with Crippen LogP contribution in [0.3, 0.4) is 0 Å². The van der Waals surface area contributed by atoms with Crippen LogP contribution in [0.4, 0.5) is 4.39 Å². The number of phenols is 1. The summed E-state index contributed by atoms with van der Waals surface area (Å²) in [4.78, 5) is 3.14. The molecule has 3 rings (SSSR count). The number of hydrogen-bond acceptors (Lipinski definition) is 2. The maximum atomic E-state index is 13.0. The van der Waals surface area contributed by atoms with E-state index in [0.29, 0.717) is 5.75 Å². The highest BCUT2D eigenvalue weighted by Crippen LogP contribution is 2.25. The van der Waals surface area contributed by atoms with Gasteiger partial charge in [-0.2, -0.15) is 0 Å². The molecular formula is C15H12FNO2. The van der Waals surface area contributed by atoms with Crippen LogP contribution in [-0.2, 0) is 6.61 Å². The number of nitrogens with one attached hydrogen (secondary N) is 1. The zero-order valence-corrected chi connectivity index (χ0v) is 10.1. The quantitative estimate of drug-likeness (QED) is 0.753. The van der Waals surface area contributed by atoms with Crippen molar-refractivity contribution in [3.8, 4) is 11.5 Å². The molecule has 0 atom stereocenters. The van der Waals surface area contributed by atoms with E-state index in [-0.39, 0.29) is 18.2 Å². The Kier molecular flexibility index (Phi) is 2.83. The first kappa shape index (κ1) is 11.6. The van der Waals surface area contributed by atoms with Crippen molar-refractivity contribution in [1.29, 1.82) is 0 Å². The minimum Gasteiger partial charge on any atom is -0.507 e. The maximum absolute atomic E-state index is 13.0. The topological polar surface area (TPSA) is 45.2 Å². The highest BCUT2D eigenvalue weighted by molar-refractivity contribution is 5.86. The lowest BCUT2D eigenvalue weighted by molar-refractivity contribution is 0.301. The molecule has 0 fully saturated rings. The Morgan fingerprint density at radius 2 is 1.95 bits per heavy atom. The van der Waals surface area contributed by atoms with Gasteiger partial charge in [-0.15, -0.1) is 0 Å². The number of aromatic amines is 1. The molecule has 2 aromatic carbocycles. The average Bonchev–Trinajstić information content (AvgIpc) is 2.81. The average molecular weight is 257 g/mol. The van der Waals surface area contributed by atoms with Gasteiger partial charge >= 0.3 is 0 Å². The molecule has 0 saturated heterocycles. The summed E-state index contributed by atoms with van der Waals surface area (Å²) in [6.45, 7) is 0.289. The number of aromatic nitrogens is 1. The SMILES string of the molecule is Oc1cccc2[nH]c(COc3cccc(F)c3)cc12. The fourth-order valence-corrected chi connectivity index (χ4v) is 1.99. The van der Waals surface area contributed by atoms with Crippen LogP contribution in [-0.4, -0.2) is 10.1 Å². The van der Waals surface area contributed by atoms with Gasteiger partial charge in [0.1, 0.15) is 23.9 Å². The first-order valence-electron chi connectivity index (χ1n) is 5.90. The number of hydrogen-bond donors (Lipinski definition) is 2. The Bertz CT molecular complexity index is 721. The molecule has 0 aliphatic heterocycles. The van der Waals surface area contributed by atoms with Gasteiger partial charge in [0, 0.05) is 17.0 Å². The third kappa shape index (κ3) is 2.38. The molecule has 1 heterocycles. The number of fused-ring (bicyclic) bond motifs is 1. The van der Waals surface area contributed by atoms with Gasteiger partial charge in [0.15, 0.2) is 0 Å². The van der Waals surface area contributed by atoms with E-state index in [4.69, 9.17) is 4.74 Å². The molecule has 0 aliphatic carbocycles. The molecule has 19 heavy (non-hydrogen) atoms. The van der Waals surface area contributed by atoms with Gasteiger partial charge in [0.25, 0.3) is 0 Å². The molecule has 96 valence electrons. The van der Waals surface area contributed by atoms with Crippen molar-refractivity contribution in [2.24, 2.45) is 0 Å². The Morgan fingerprint density at radius 1 is 1.11 bits per heavy atom. The minimum atomic E-state index is -0.327. The highest BCUT2D eigenvalue weighted by Gasteiger charge is 2.05. The summed E-state index contributed by atoms with van der Waals surface area (Å²) < 4.78 is 18.5. The van der Waals surface area contributed by atoms with E-state index in [9.17, 15) is 9.50 Å². The molecule has 3 aromatic rings. The molecular weight excluding hydrogens is 245 g/mol. The molecule has 0 spiro atoms. The van der Waals surface area contributed by atoms with E-state index < -0.39 is 0 Å². The number of benzene rings is 2. The summed E-state index contributed by atoms with van der Waals surface area (Å²) in [5.41, 5.74) is 1.67. The van der Waals surface area contributed by atoms with Gasteiger partial charge < -0.3 is 14.8 Å². The van der Waals surface area contributed by atoms with Gasteiger partial charge in [-0.25, -0.2) is 4.39 Å². The molecule has 0 saturated carbocycles. The van der Waals surface area contributed by atoms with Gasteiger partial charge in [0.05, 0.1) is 5.69 Å². The lowest BCUT2D eigenvalue weighted by Crippen LogP contribution is -1.95. The first-order chi connectivity index (χ1) is 9.22. The predicted molar refractivity (Wildman–Crippen MR) is 70.7 cm³/mol. The third-order valence-corrected chi connectivity index (χ3v) is 2.89.